The van der Waals surface area contributed by atoms with Gasteiger partial charge in [-0.3, -0.25) is 0 Å². The largest absolute Gasteiger partial charge is 0.206 e. The maximum absolute atomic E-state index is 15.0. The summed E-state index contributed by atoms with van der Waals surface area (Å²) < 4.78 is 29.8. The summed E-state index contributed by atoms with van der Waals surface area (Å²) >= 11 is 0. The summed E-state index contributed by atoms with van der Waals surface area (Å²) in [6.07, 6.45) is 0. The Bertz CT molecular complexity index is 1730. The fourth-order valence-electron chi connectivity index (χ4n) is 4.69. The van der Waals surface area contributed by atoms with Gasteiger partial charge in [-0.1, -0.05) is 60.7 Å². The van der Waals surface area contributed by atoms with Crippen LogP contribution in [0.15, 0.2) is 78.9 Å². The molecule has 0 bridgehead atoms. The standard InChI is InChI=1S/C27H13F2N/c28-25-12-23-17(16-5-1-2-6-20(16)25)8-9-19-18(23)10-11-21-24(19)13-26(29)22-7-3-4-15(14-30)27(21)22/h1-13H. The van der Waals surface area contributed by atoms with Gasteiger partial charge < -0.3 is 0 Å². The van der Waals surface area contributed by atoms with Crippen molar-refractivity contribution in [2.75, 3.05) is 0 Å². The maximum Gasteiger partial charge on any atom is 0.131 e. The lowest BCUT2D eigenvalue weighted by Crippen LogP contribution is -1.90. The number of nitriles is 1. The Morgan fingerprint density at radius 3 is 1.67 bits per heavy atom. The molecule has 0 atom stereocenters. The lowest BCUT2D eigenvalue weighted by molar-refractivity contribution is 0.641. The van der Waals surface area contributed by atoms with E-state index in [4.69, 9.17) is 0 Å². The first-order valence-electron chi connectivity index (χ1n) is 9.65. The van der Waals surface area contributed by atoms with Crippen LogP contribution in [0.5, 0.6) is 0 Å². The molecule has 0 fully saturated rings. The van der Waals surface area contributed by atoms with Gasteiger partial charge in [0.2, 0.25) is 0 Å². The summed E-state index contributed by atoms with van der Waals surface area (Å²) in [6, 6.07) is 25.5. The quantitative estimate of drug-likeness (QED) is 0.245. The van der Waals surface area contributed by atoms with E-state index in [1.807, 2.05) is 42.5 Å². The summed E-state index contributed by atoms with van der Waals surface area (Å²) in [7, 11) is 0. The Labute approximate surface area is 170 Å². The van der Waals surface area contributed by atoms with E-state index in [0.717, 1.165) is 37.7 Å². The highest BCUT2D eigenvalue weighted by Gasteiger charge is 2.14. The van der Waals surface area contributed by atoms with Crippen LogP contribution in [-0.2, 0) is 0 Å². The van der Waals surface area contributed by atoms with Crippen molar-refractivity contribution in [3.63, 3.8) is 0 Å². The van der Waals surface area contributed by atoms with Crippen LogP contribution in [0.3, 0.4) is 0 Å². The number of hydrogen-bond acceptors (Lipinski definition) is 1. The molecule has 0 saturated carbocycles. The molecule has 0 N–H and O–H groups in total. The molecule has 0 heterocycles. The van der Waals surface area contributed by atoms with E-state index >= 15 is 0 Å². The normalized spacial score (nSPS) is 11.6. The Kier molecular flexibility index (Phi) is 3.37. The summed E-state index contributed by atoms with van der Waals surface area (Å²) in [6.45, 7) is 0. The zero-order valence-electron chi connectivity index (χ0n) is 15.7. The van der Waals surface area contributed by atoms with Crippen molar-refractivity contribution >= 4 is 53.9 Å². The van der Waals surface area contributed by atoms with Crippen molar-refractivity contribution in [2.45, 2.75) is 0 Å². The minimum Gasteiger partial charge on any atom is -0.206 e. The van der Waals surface area contributed by atoms with Crippen LogP contribution >= 0.6 is 0 Å². The second-order valence-corrected chi connectivity index (χ2v) is 7.52. The molecule has 6 aromatic carbocycles. The average Bonchev–Trinajstić information content (AvgIpc) is 2.78. The molecule has 0 unspecified atom stereocenters. The highest BCUT2D eigenvalue weighted by atomic mass is 19.1. The number of hydrogen-bond donors (Lipinski definition) is 0. The average molecular weight is 389 g/mol. The van der Waals surface area contributed by atoms with E-state index in [9.17, 15) is 14.0 Å². The molecular formula is C27H13F2N. The number of nitrogens with zero attached hydrogens (tertiary/aromatic N) is 1. The molecule has 0 amide bonds. The van der Waals surface area contributed by atoms with Gasteiger partial charge in [0.25, 0.3) is 0 Å². The van der Waals surface area contributed by atoms with Crippen molar-refractivity contribution in [1.29, 1.82) is 5.26 Å². The SMILES string of the molecule is N#Cc1cccc2c(F)cc3c4ccc5c6ccccc6c(F)cc5c4ccc3c12. The van der Waals surface area contributed by atoms with Gasteiger partial charge in [0.05, 0.1) is 11.6 Å². The highest BCUT2D eigenvalue weighted by molar-refractivity contribution is 6.25. The summed E-state index contributed by atoms with van der Waals surface area (Å²) in [5.74, 6) is -0.644. The Balaban J connectivity index is 1.85. The summed E-state index contributed by atoms with van der Waals surface area (Å²) in [5, 5.41) is 17.0. The molecule has 0 aliphatic heterocycles. The maximum atomic E-state index is 15.0. The zero-order valence-corrected chi connectivity index (χ0v) is 15.7. The molecule has 3 heteroatoms. The van der Waals surface area contributed by atoms with E-state index < -0.39 is 0 Å². The van der Waals surface area contributed by atoms with E-state index in [-0.39, 0.29) is 11.6 Å². The second kappa shape index (κ2) is 5.98. The van der Waals surface area contributed by atoms with Gasteiger partial charge in [-0.25, -0.2) is 8.78 Å². The third kappa shape index (κ3) is 2.13. The van der Waals surface area contributed by atoms with Crippen LogP contribution in [0, 0.1) is 23.0 Å². The predicted molar refractivity (Wildman–Crippen MR) is 119 cm³/mol. The van der Waals surface area contributed by atoms with Crippen LogP contribution in [0.2, 0.25) is 0 Å². The van der Waals surface area contributed by atoms with E-state index in [1.54, 1.807) is 30.3 Å². The zero-order chi connectivity index (χ0) is 20.4. The lowest BCUT2D eigenvalue weighted by atomic mass is 9.91. The van der Waals surface area contributed by atoms with Gasteiger partial charge in [0.15, 0.2) is 0 Å². The van der Waals surface area contributed by atoms with Gasteiger partial charge in [0.1, 0.15) is 11.6 Å². The van der Waals surface area contributed by atoms with Gasteiger partial charge in [-0.15, -0.1) is 0 Å². The van der Waals surface area contributed by atoms with Crippen LogP contribution in [0.25, 0.3) is 53.9 Å². The first-order valence-corrected chi connectivity index (χ1v) is 9.65. The van der Waals surface area contributed by atoms with Gasteiger partial charge in [-0.2, -0.15) is 5.26 Å². The molecule has 6 rings (SSSR count). The minimum absolute atomic E-state index is 0.276. The topological polar surface area (TPSA) is 23.8 Å². The smallest absolute Gasteiger partial charge is 0.131 e. The Morgan fingerprint density at radius 2 is 1.00 bits per heavy atom. The molecule has 30 heavy (non-hydrogen) atoms. The summed E-state index contributed by atoms with van der Waals surface area (Å²) in [4.78, 5) is 0. The first-order chi connectivity index (χ1) is 14.7. The van der Waals surface area contributed by atoms with Crippen LogP contribution in [0.4, 0.5) is 8.78 Å². The number of rotatable bonds is 0. The van der Waals surface area contributed by atoms with E-state index in [1.165, 1.54) is 6.07 Å². The first kappa shape index (κ1) is 16.9. The fraction of sp³-hybridized carbons (Fsp3) is 0. The molecular weight excluding hydrogens is 376 g/mol. The molecule has 0 aromatic heterocycles. The van der Waals surface area contributed by atoms with Crippen molar-refractivity contribution in [3.05, 3.63) is 96.1 Å². The second-order valence-electron chi connectivity index (χ2n) is 7.52. The molecule has 0 aliphatic rings. The third-order valence-electron chi connectivity index (χ3n) is 6.01. The number of benzene rings is 6. The van der Waals surface area contributed by atoms with Crippen molar-refractivity contribution in [2.24, 2.45) is 0 Å². The molecule has 1 nitrogen and oxygen atoms in total. The monoisotopic (exact) mass is 389 g/mol. The Morgan fingerprint density at radius 1 is 0.500 bits per heavy atom. The molecule has 0 spiro atoms. The van der Waals surface area contributed by atoms with Crippen molar-refractivity contribution in [3.8, 4) is 6.07 Å². The Hall–Kier alpha value is -4.03. The molecule has 0 radical (unpaired) electrons. The van der Waals surface area contributed by atoms with Crippen molar-refractivity contribution in [1.82, 2.24) is 0 Å². The van der Waals surface area contributed by atoms with E-state index in [2.05, 4.69) is 6.07 Å². The van der Waals surface area contributed by atoms with Gasteiger partial charge in [-0.05, 0) is 55.9 Å². The number of fused-ring (bicyclic) bond motifs is 9. The van der Waals surface area contributed by atoms with Crippen LogP contribution < -0.4 is 0 Å². The van der Waals surface area contributed by atoms with Gasteiger partial charge >= 0.3 is 0 Å². The molecule has 0 saturated heterocycles. The van der Waals surface area contributed by atoms with E-state index in [0.29, 0.717) is 21.7 Å². The minimum atomic E-state index is -0.369. The predicted octanol–water partition coefficient (Wildman–Crippen LogP) is 7.60. The van der Waals surface area contributed by atoms with Gasteiger partial charge in [0, 0.05) is 16.2 Å². The fourth-order valence-corrected chi connectivity index (χ4v) is 4.69. The lowest BCUT2D eigenvalue weighted by Gasteiger charge is -2.13. The summed E-state index contributed by atoms with van der Waals surface area (Å²) in [5.41, 5.74) is 0.439. The highest BCUT2D eigenvalue weighted by Crippen LogP contribution is 2.39. The third-order valence-corrected chi connectivity index (χ3v) is 6.01. The molecule has 140 valence electrons. The van der Waals surface area contributed by atoms with Crippen molar-refractivity contribution < 1.29 is 8.78 Å². The molecule has 6 aromatic rings. The van der Waals surface area contributed by atoms with Crippen LogP contribution in [-0.4, -0.2) is 0 Å². The van der Waals surface area contributed by atoms with Crippen LogP contribution in [0.1, 0.15) is 5.56 Å². The molecule has 0 aliphatic carbocycles. The number of halogens is 2.